The first-order chi connectivity index (χ1) is 7.69. The molecule has 2 rings (SSSR count). The van der Waals surface area contributed by atoms with Gasteiger partial charge < -0.3 is 9.84 Å². The summed E-state index contributed by atoms with van der Waals surface area (Å²) in [7, 11) is 1.67. The number of aliphatic hydroxyl groups excluding tert-OH is 1. The van der Waals surface area contributed by atoms with Gasteiger partial charge in [0.15, 0.2) is 0 Å². The number of ether oxygens (including phenoxy) is 1. The Bertz CT molecular complexity index is 370. The highest BCUT2D eigenvalue weighted by Gasteiger charge is 2.20. The van der Waals surface area contributed by atoms with E-state index in [0.29, 0.717) is 0 Å². The Morgan fingerprint density at radius 3 is 3.00 bits per heavy atom. The van der Waals surface area contributed by atoms with Gasteiger partial charge in [-0.1, -0.05) is 15.9 Å². The number of likely N-dealkylation sites (tertiary alicyclic amines) is 1. The molecule has 4 heteroatoms. The molecule has 1 aromatic carbocycles. The highest BCUT2D eigenvalue weighted by molar-refractivity contribution is 9.10. The summed E-state index contributed by atoms with van der Waals surface area (Å²) in [5.74, 6) is 0.873. The number of aliphatic hydroxyl groups is 1. The smallest absolute Gasteiger partial charge is 0.119 e. The van der Waals surface area contributed by atoms with E-state index >= 15 is 0 Å². The van der Waals surface area contributed by atoms with Gasteiger partial charge in [0, 0.05) is 24.1 Å². The highest BCUT2D eigenvalue weighted by Crippen LogP contribution is 2.25. The lowest BCUT2D eigenvalue weighted by molar-refractivity contribution is 0.174. The fraction of sp³-hybridized carbons (Fsp3) is 0.500. The number of hydrogen-bond acceptors (Lipinski definition) is 3. The largest absolute Gasteiger partial charge is 0.497 e. The zero-order valence-electron chi connectivity index (χ0n) is 9.32. The first-order valence-electron chi connectivity index (χ1n) is 5.42. The lowest BCUT2D eigenvalue weighted by atomic mass is 10.2. The van der Waals surface area contributed by atoms with Crippen LogP contribution in [-0.4, -0.2) is 36.3 Å². The summed E-state index contributed by atoms with van der Waals surface area (Å²) in [6.45, 7) is 2.59. The molecule has 1 fully saturated rings. The summed E-state index contributed by atoms with van der Waals surface area (Å²) >= 11 is 3.54. The van der Waals surface area contributed by atoms with Crippen LogP contribution < -0.4 is 4.74 Å². The Balaban J connectivity index is 2.08. The van der Waals surface area contributed by atoms with E-state index in [0.717, 1.165) is 36.3 Å². The van der Waals surface area contributed by atoms with Gasteiger partial charge in [0.1, 0.15) is 5.75 Å². The number of hydrogen-bond donors (Lipinski definition) is 1. The minimum absolute atomic E-state index is 0.163. The molecule has 0 bridgehead atoms. The van der Waals surface area contributed by atoms with E-state index in [1.54, 1.807) is 7.11 Å². The molecule has 0 aromatic heterocycles. The third-order valence-electron chi connectivity index (χ3n) is 2.89. The van der Waals surface area contributed by atoms with Gasteiger partial charge >= 0.3 is 0 Å². The van der Waals surface area contributed by atoms with Crippen molar-refractivity contribution in [3.63, 3.8) is 0 Å². The molecule has 16 heavy (non-hydrogen) atoms. The fourth-order valence-electron chi connectivity index (χ4n) is 2.00. The van der Waals surface area contributed by atoms with Crippen LogP contribution in [0.2, 0.25) is 0 Å². The van der Waals surface area contributed by atoms with Crippen molar-refractivity contribution in [1.82, 2.24) is 4.90 Å². The molecule has 1 aliphatic rings. The number of methoxy groups -OCH3 is 1. The van der Waals surface area contributed by atoms with Crippen molar-refractivity contribution in [2.75, 3.05) is 20.2 Å². The topological polar surface area (TPSA) is 32.7 Å². The monoisotopic (exact) mass is 285 g/mol. The standard InChI is InChI=1S/C12H16BrNO2/c1-16-11-2-3-12(13)9(6-11)7-14-5-4-10(15)8-14/h2-3,6,10,15H,4-5,7-8H2,1H3/t10-/m1/s1. The Labute approximate surface area is 104 Å². The quantitative estimate of drug-likeness (QED) is 0.922. The summed E-state index contributed by atoms with van der Waals surface area (Å²) < 4.78 is 6.30. The van der Waals surface area contributed by atoms with E-state index in [2.05, 4.69) is 20.8 Å². The second-order valence-corrected chi connectivity index (χ2v) is 4.99. The van der Waals surface area contributed by atoms with Crippen LogP contribution in [-0.2, 0) is 6.54 Å². The van der Waals surface area contributed by atoms with Crippen molar-refractivity contribution >= 4 is 15.9 Å². The Morgan fingerprint density at radius 1 is 1.56 bits per heavy atom. The first-order valence-corrected chi connectivity index (χ1v) is 6.21. The van der Waals surface area contributed by atoms with E-state index in [9.17, 15) is 5.11 Å². The van der Waals surface area contributed by atoms with Crippen LogP contribution in [0.4, 0.5) is 0 Å². The Hall–Kier alpha value is -0.580. The van der Waals surface area contributed by atoms with Crippen LogP contribution >= 0.6 is 15.9 Å². The van der Waals surface area contributed by atoms with E-state index in [1.807, 2.05) is 18.2 Å². The minimum Gasteiger partial charge on any atom is -0.497 e. The van der Waals surface area contributed by atoms with Crippen LogP contribution in [0.15, 0.2) is 22.7 Å². The molecule has 1 saturated heterocycles. The molecule has 0 amide bonds. The van der Waals surface area contributed by atoms with Gasteiger partial charge in [-0.25, -0.2) is 0 Å². The number of nitrogens with zero attached hydrogens (tertiary/aromatic N) is 1. The van der Waals surface area contributed by atoms with Crippen LogP contribution in [0.1, 0.15) is 12.0 Å². The maximum atomic E-state index is 9.47. The van der Waals surface area contributed by atoms with E-state index in [1.165, 1.54) is 5.56 Å². The fourth-order valence-corrected chi connectivity index (χ4v) is 2.37. The maximum absolute atomic E-state index is 9.47. The minimum atomic E-state index is -0.163. The zero-order valence-corrected chi connectivity index (χ0v) is 10.9. The summed E-state index contributed by atoms with van der Waals surface area (Å²) in [6, 6.07) is 5.97. The van der Waals surface area contributed by atoms with Gasteiger partial charge in [-0.2, -0.15) is 0 Å². The number of rotatable bonds is 3. The predicted molar refractivity (Wildman–Crippen MR) is 66.6 cm³/mol. The molecular weight excluding hydrogens is 270 g/mol. The van der Waals surface area contributed by atoms with E-state index in [4.69, 9.17) is 4.74 Å². The van der Waals surface area contributed by atoms with Crippen molar-refractivity contribution < 1.29 is 9.84 Å². The third kappa shape index (κ3) is 2.75. The molecule has 0 aliphatic carbocycles. The van der Waals surface area contributed by atoms with Gasteiger partial charge in [0.25, 0.3) is 0 Å². The van der Waals surface area contributed by atoms with Crippen LogP contribution in [0.3, 0.4) is 0 Å². The highest BCUT2D eigenvalue weighted by atomic mass is 79.9. The molecule has 0 spiro atoms. The average Bonchev–Trinajstić information content (AvgIpc) is 2.67. The molecule has 1 heterocycles. The molecule has 1 aromatic rings. The molecular formula is C12H16BrNO2. The molecule has 0 unspecified atom stereocenters. The maximum Gasteiger partial charge on any atom is 0.119 e. The molecule has 0 saturated carbocycles. The second-order valence-electron chi connectivity index (χ2n) is 4.13. The van der Waals surface area contributed by atoms with Crippen LogP contribution in [0, 0.1) is 0 Å². The van der Waals surface area contributed by atoms with Crippen molar-refractivity contribution in [2.24, 2.45) is 0 Å². The number of β-amino-alcohol motifs (C(OH)–C–C–N with tert-alkyl or cyclic N) is 1. The van der Waals surface area contributed by atoms with Crippen molar-refractivity contribution in [3.05, 3.63) is 28.2 Å². The number of benzene rings is 1. The zero-order chi connectivity index (χ0) is 11.5. The van der Waals surface area contributed by atoms with Gasteiger partial charge in [-0.05, 0) is 30.2 Å². The van der Waals surface area contributed by atoms with Gasteiger partial charge in [-0.15, -0.1) is 0 Å². The Morgan fingerprint density at radius 2 is 2.38 bits per heavy atom. The van der Waals surface area contributed by atoms with Crippen LogP contribution in [0.25, 0.3) is 0 Å². The predicted octanol–water partition coefficient (Wildman–Crippen LogP) is 2.02. The van der Waals surface area contributed by atoms with Crippen LogP contribution in [0.5, 0.6) is 5.75 Å². The molecule has 1 aliphatic heterocycles. The van der Waals surface area contributed by atoms with Crippen molar-refractivity contribution in [2.45, 2.75) is 19.1 Å². The number of halogens is 1. The summed E-state index contributed by atoms with van der Waals surface area (Å²) in [5, 5.41) is 9.47. The normalized spacial score (nSPS) is 21.3. The van der Waals surface area contributed by atoms with Gasteiger partial charge in [0.05, 0.1) is 13.2 Å². The molecule has 0 radical (unpaired) electrons. The molecule has 1 atom stereocenters. The third-order valence-corrected chi connectivity index (χ3v) is 3.67. The second kappa shape index (κ2) is 5.17. The first kappa shape index (κ1) is 11.9. The Kier molecular flexibility index (Phi) is 3.84. The van der Waals surface area contributed by atoms with Crippen molar-refractivity contribution in [1.29, 1.82) is 0 Å². The average molecular weight is 286 g/mol. The van der Waals surface area contributed by atoms with Gasteiger partial charge in [0.2, 0.25) is 0 Å². The summed E-state index contributed by atoms with van der Waals surface area (Å²) in [6.07, 6.45) is 0.714. The SMILES string of the molecule is COc1ccc(Br)c(CN2CC[C@@H](O)C2)c1. The molecule has 88 valence electrons. The molecule has 1 N–H and O–H groups in total. The van der Waals surface area contributed by atoms with Gasteiger partial charge in [-0.3, -0.25) is 4.90 Å². The van der Waals surface area contributed by atoms with E-state index < -0.39 is 0 Å². The summed E-state index contributed by atoms with van der Waals surface area (Å²) in [4.78, 5) is 2.25. The summed E-state index contributed by atoms with van der Waals surface area (Å²) in [5.41, 5.74) is 1.20. The lowest BCUT2D eigenvalue weighted by Crippen LogP contribution is -2.21. The van der Waals surface area contributed by atoms with E-state index in [-0.39, 0.29) is 6.10 Å². The lowest BCUT2D eigenvalue weighted by Gasteiger charge is -2.16. The molecule has 3 nitrogen and oxygen atoms in total. The van der Waals surface area contributed by atoms with Crippen molar-refractivity contribution in [3.8, 4) is 5.75 Å².